The molecule has 0 saturated heterocycles. The van der Waals surface area contributed by atoms with Crippen molar-refractivity contribution in [3.05, 3.63) is 41.7 Å². The van der Waals surface area contributed by atoms with Crippen LogP contribution in [0, 0.1) is 13.8 Å². The van der Waals surface area contributed by atoms with Crippen LogP contribution in [0.5, 0.6) is 0 Å². The molecule has 0 fully saturated rings. The molecule has 2 rings (SSSR count). The second-order valence-electron chi connectivity index (χ2n) is 4.93. The van der Waals surface area contributed by atoms with E-state index in [1.807, 2.05) is 43.7 Å². The maximum absolute atomic E-state index is 11.8. The van der Waals surface area contributed by atoms with E-state index in [-0.39, 0.29) is 11.7 Å². The van der Waals surface area contributed by atoms with Crippen molar-refractivity contribution in [3.8, 4) is 0 Å². The summed E-state index contributed by atoms with van der Waals surface area (Å²) in [4.78, 5) is 27.7. The van der Waals surface area contributed by atoms with Crippen LogP contribution >= 0.6 is 11.8 Å². The van der Waals surface area contributed by atoms with Crippen LogP contribution in [0.2, 0.25) is 0 Å². The Bertz CT molecular complexity index is 697. The number of carbonyl (C=O) groups excluding carboxylic acids is 2. The zero-order valence-corrected chi connectivity index (χ0v) is 13.5. The van der Waals surface area contributed by atoms with Crippen molar-refractivity contribution >= 4 is 29.4 Å². The fourth-order valence-corrected chi connectivity index (χ4v) is 2.62. The van der Waals surface area contributed by atoms with Crippen molar-refractivity contribution in [2.24, 2.45) is 7.05 Å². The van der Waals surface area contributed by atoms with Crippen LogP contribution in [0.3, 0.4) is 0 Å². The predicted octanol–water partition coefficient (Wildman–Crippen LogP) is 2.48. The Morgan fingerprint density at radius 2 is 2.09 bits per heavy atom. The van der Waals surface area contributed by atoms with Crippen LogP contribution < -0.4 is 10.6 Å². The first kappa shape index (κ1) is 16.1. The summed E-state index contributed by atoms with van der Waals surface area (Å²) in [6, 6.07) is 5.16. The van der Waals surface area contributed by atoms with Crippen molar-refractivity contribution in [3.63, 3.8) is 0 Å². The van der Waals surface area contributed by atoms with E-state index in [0.29, 0.717) is 5.69 Å². The zero-order valence-electron chi connectivity index (χ0n) is 12.7. The number of aryl methyl sites for hydroxylation is 3. The van der Waals surface area contributed by atoms with Gasteiger partial charge in [-0.2, -0.15) is 0 Å². The first-order chi connectivity index (χ1) is 10.5. The molecule has 1 aromatic heterocycles. The van der Waals surface area contributed by atoms with Crippen molar-refractivity contribution in [1.29, 1.82) is 0 Å². The van der Waals surface area contributed by atoms with Gasteiger partial charge in [0.1, 0.15) is 0 Å². The molecule has 2 aromatic rings. The van der Waals surface area contributed by atoms with E-state index in [1.165, 1.54) is 11.8 Å². The quantitative estimate of drug-likeness (QED) is 0.849. The fraction of sp³-hybridized carbons (Fsp3) is 0.267. The third-order valence-corrected chi connectivity index (χ3v) is 4.05. The molecule has 0 aliphatic rings. The minimum absolute atomic E-state index is 0.130. The number of nitrogens with one attached hydrogen (secondary N) is 2. The van der Waals surface area contributed by atoms with Crippen LogP contribution in [-0.2, 0) is 11.8 Å². The van der Waals surface area contributed by atoms with E-state index in [4.69, 9.17) is 0 Å². The molecule has 2 N–H and O–H groups in total. The Balaban J connectivity index is 1.83. The maximum atomic E-state index is 11.8. The predicted molar refractivity (Wildman–Crippen MR) is 87.0 cm³/mol. The molecule has 0 saturated carbocycles. The number of amides is 3. The number of rotatable bonds is 4. The van der Waals surface area contributed by atoms with Crippen LogP contribution in [0.4, 0.5) is 10.5 Å². The zero-order chi connectivity index (χ0) is 16.1. The van der Waals surface area contributed by atoms with E-state index < -0.39 is 6.03 Å². The third kappa shape index (κ3) is 4.36. The topological polar surface area (TPSA) is 76.0 Å². The summed E-state index contributed by atoms with van der Waals surface area (Å²) in [6.07, 6.45) is 3.46. The third-order valence-electron chi connectivity index (χ3n) is 2.99. The fourth-order valence-electron chi connectivity index (χ4n) is 1.89. The number of hydrogen-bond donors (Lipinski definition) is 2. The summed E-state index contributed by atoms with van der Waals surface area (Å²) in [6.45, 7) is 3.89. The van der Waals surface area contributed by atoms with Gasteiger partial charge in [-0.15, -0.1) is 0 Å². The Morgan fingerprint density at radius 1 is 1.32 bits per heavy atom. The molecule has 0 aliphatic heterocycles. The average Bonchev–Trinajstić information content (AvgIpc) is 2.85. The number of benzene rings is 1. The van der Waals surface area contributed by atoms with Gasteiger partial charge < -0.3 is 9.88 Å². The molecule has 116 valence electrons. The van der Waals surface area contributed by atoms with Crippen molar-refractivity contribution < 1.29 is 9.59 Å². The molecule has 3 amide bonds. The molecule has 6 nitrogen and oxygen atoms in total. The Morgan fingerprint density at radius 3 is 2.73 bits per heavy atom. The van der Waals surface area contributed by atoms with Gasteiger partial charge in [-0.3, -0.25) is 10.1 Å². The summed E-state index contributed by atoms with van der Waals surface area (Å²) in [5.41, 5.74) is 2.75. The van der Waals surface area contributed by atoms with Gasteiger partial charge in [0.25, 0.3) is 0 Å². The number of anilines is 1. The Hall–Kier alpha value is -2.28. The minimum atomic E-state index is -0.530. The molecule has 1 heterocycles. The lowest BCUT2D eigenvalue weighted by Gasteiger charge is -2.09. The second kappa shape index (κ2) is 7.13. The van der Waals surface area contributed by atoms with Crippen LogP contribution in [0.15, 0.2) is 35.7 Å². The van der Waals surface area contributed by atoms with E-state index in [2.05, 4.69) is 15.6 Å². The van der Waals surface area contributed by atoms with Gasteiger partial charge in [-0.1, -0.05) is 29.5 Å². The highest BCUT2D eigenvalue weighted by molar-refractivity contribution is 7.99. The molecule has 0 aliphatic carbocycles. The molecule has 0 bridgehead atoms. The summed E-state index contributed by atoms with van der Waals surface area (Å²) in [5.74, 6) is -0.235. The number of carbonyl (C=O) groups is 2. The highest BCUT2D eigenvalue weighted by Gasteiger charge is 2.11. The van der Waals surface area contributed by atoms with Crippen molar-refractivity contribution in [2.45, 2.75) is 19.0 Å². The number of nitrogens with zero attached hydrogens (tertiary/aromatic N) is 2. The first-order valence-electron chi connectivity index (χ1n) is 6.74. The van der Waals surface area contributed by atoms with Gasteiger partial charge in [0.15, 0.2) is 5.16 Å². The average molecular weight is 318 g/mol. The largest absolute Gasteiger partial charge is 0.329 e. The Kier molecular flexibility index (Phi) is 5.21. The summed E-state index contributed by atoms with van der Waals surface area (Å²) < 4.78 is 1.81. The smallest absolute Gasteiger partial charge is 0.325 e. The lowest BCUT2D eigenvalue weighted by molar-refractivity contribution is -0.117. The minimum Gasteiger partial charge on any atom is -0.329 e. The van der Waals surface area contributed by atoms with E-state index >= 15 is 0 Å². The molecule has 0 unspecified atom stereocenters. The molecule has 7 heteroatoms. The van der Waals surface area contributed by atoms with Gasteiger partial charge in [0.05, 0.1) is 5.75 Å². The molecule has 0 atom stereocenters. The highest BCUT2D eigenvalue weighted by atomic mass is 32.2. The van der Waals surface area contributed by atoms with E-state index in [1.54, 1.807) is 12.4 Å². The van der Waals surface area contributed by atoms with Crippen LogP contribution in [-0.4, -0.2) is 27.2 Å². The van der Waals surface area contributed by atoms with E-state index in [9.17, 15) is 9.59 Å². The van der Waals surface area contributed by atoms with Gasteiger partial charge >= 0.3 is 6.03 Å². The first-order valence-corrected chi connectivity index (χ1v) is 7.72. The molecule has 0 spiro atoms. The number of imidazole rings is 1. The second-order valence-corrected chi connectivity index (χ2v) is 5.87. The summed E-state index contributed by atoms with van der Waals surface area (Å²) in [5, 5.41) is 5.70. The van der Waals surface area contributed by atoms with Crippen LogP contribution in [0.25, 0.3) is 0 Å². The van der Waals surface area contributed by atoms with Crippen molar-refractivity contribution in [2.75, 3.05) is 11.1 Å². The van der Waals surface area contributed by atoms with Gasteiger partial charge in [0, 0.05) is 25.1 Å². The molecular weight excluding hydrogens is 300 g/mol. The molecular formula is C15H18N4O2S. The van der Waals surface area contributed by atoms with Gasteiger partial charge in [0.2, 0.25) is 5.91 Å². The normalized spacial score (nSPS) is 10.3. The lowest BCUT2D eigenvalue weighted by Crippen LogP contribution is -2.35. The van der Waals surface area contributed by atoms with Gasteiger partial charge in [-0.05, 0) is 25.5 Å². The molecule has 22 heavy (non-hydrogen) atoms. The summed E-state index contributed by atoms with van der Waals surface area (Å²) >= 11 is 1.28. The number of urea groups is 1. The van der Waals surface area contributed by atoms with E-state index in [0.717, 1.165) is 16.3 Å². The SMILES string of the molecule is Cc1ccc(NC(=O)NC(=O)CSc2nccn2C)c(C)c1. The maximum Gasteiger partial charge on any atom is 0.325 e. The number of aromatic nitrogens is 2. The Labute approximate surface area is 133 Å². The molecule has 0 radical (unpaired) electrons. The van der Waals surface area contributed by atoms with Crippen molar-refractivity contribution in [1.82, 2.24) is 14.9 Å². The van der Waals surface area contributed by atoms with Crippen LogP contribution in [0.1, 0.15) is 11.1 Å². The molecule has 1 aromatic carbocycles. The van der Waals surface area contributed by atoms with Gasteiger partial charge in [-0.25, -0.2) is 9.78 Å². The summed E-state index contributed by atoms with van der Waals surface area (Å²) in [7, 11) is 1.85. The monoisotopic (exact) mass is 318 g/mol. The standard InChI is InChI=1S/C15H18N4O2S/c1-10-4-5-12(11(2)8-10)17-14(21)18-13(20)9-22-15-16-6-7-19(15)3/h4-8H,9H2,1-3H3,(H2,17,18,20,21). The number of thioether (sulfide) groups is 1. The number of imide groups is 1. The highest BCUT2D eigenvalue weighted by Crippen LogP contribution is 2.16. The lowest BCUT2D eigenvalue weighted by atomic mass is 10.1. The number of hydrogen-bond acceptors (Lipinski definition) is 4.